The number of rotatable bonds is 3. The Morgan fingerprint density at radius 1 is 1.35 bits per heavy atom. The van der Waals surface area contributed by atoms with Crippen molar-refractivity contribution in [2.75, 3.05) is 12.3 Å². The lowest BCUT2D eigenvalue weighted by atomic mass is 9.76. The van der Waals surface area contributed by atoms with E-state index in [4.69, 9.17) is 4.98 Å². The Kier molecular flexibility index (Phi) is 4.44. The molecule has 1 aliphatic carbocycles. The molecule has 1 aromatic rings. The van der Waals surface area contributed by atoms with Crippen molar-refractivity contribution < 1.29 is 0 Å². The first kappa shape index (κ1) is 14.9. The van der Waals surface area contributed by atoms with Gasteiger partial charge in [0.25, 0.3) is 0 Å². The van der Waals surface area contributed by atoms with Gasteiger partial charge in [0.05, 0.1) is 10.9 Å². The van der Waals surface area contributed by atoms with E-state index < -0.39 is 0 Å². The molecule has 0 bridgehead atoms. The summed E-state index contributed by atoms with van der Waals surface area (Å²) in [5.41, 5.74) is 1.77. The second-order valence-corrected chi connectivity index (χ2v) is 9.25. The van der Waals surface area contributed by atoms with Gasteiger partial charge in [-0.05, 0) is 43.4 Å². The van der Waals surface area contributed by atoms with Crippen LogP contribution in [0.4, 0.5) is 0 Å². The minimum Gasteiger partial charge on any atom is -0.309 e. The van der Waals surface area contributed by atoms with Crippen LogP contribution in [0, 0.1) is 5.41 Å². The Balaban J connectivity index is 1.87. The first-order valence-electron chi connectivity index (χ1n) is 7.93. The molecule has 1 saturated heterocycles. The first-order chi connectivity index (χ1) is 9.59. The number of nitrogens with one attached hydrogen (secondary N) is 1. The van der Waals surface area contributed by atoms with Crippen molar-refractivity contribution in [1.29, 1.82) is 0 Å². The molecule has 0 spiro atoms. The van der Waals surface area contributed by atoms with Crippen LogP contribution in [0.2, 0.25) is 0 Å². The molecular formula is C16H26N2S2. The Labute approximate surface area is 131 Å². The predicted octanol–water partition coefficient (Wildman–Crippen LogP) is 4.72. The first-order valence-corrected chi connectivity index (χ1v) is 9.80. The van der Waals surface area contributed by atoms with Crippen molar-refractivity contribution in [2.24, 2.45) is 5.41 Å². The molecule has 0 radical (unpaired) electrons. The molecule has 0 amide bonds. The van der Waals surface area contributed by atoms with Gasteiger partial charge in [-0.1, -0.05) is 27.2 Å². The number of aromatic nitrogens is 1. The lowest BCUT2D eigenvalue weighted by Gasteiger charge is -2.34. The van der Waals surface area contributed by atoms with Crippen LogP contribution in [0.25, 0.3) is 0 Å². The molecule has 0 saturated carbocycles. The monoisotopic (exact) mass is 310 g/mol. The van der Waals surface area contributed by atoms with Gasteiger partial charge in [0.1, 0.15) is 5.01 Å². The molecule has 0 aromatic carbocycles. The van der Waals surface area contributed by atoms with Gasteiger partial charge >= 0.3 is 0 Å². The van der Waals surface area contributed by atoms with Crippen LogP contribution in [-0.2, 0) is 6.42 Å². The molecule has 2 heterocycles. The molecule has 20 heavy (non-hydrogen) atoms. The summed E-state index contributed by atoms with van der Waals surface area (Å²) >= 11 is 4.12. The van der Waals surface area contributed by atoms with Crippen LogP contribution in [-0.4, -0.2) is 17.3 Å². The van der Waals surface area contributed by atoms with Crippen molar-refractivity contribution in [3.63, 3.8) is 0 Å². The maximum Gasteiger partial charge on any atom is 0.106 e. The zero-order chi connectivity index (χ0) is 14.2. The van der Waals surface area contributed by atoms with Gasteiger partial charge in [0.15, 0.2) is 0 Å². The average Bonchev–Trinajstić information content (AvgIpc) is 2.82. The van der Waals surface area contributed by atoms with Crippen LogP contribution in [0.3, 0.4) is 0 Å². The average molecular weight is 311 g/mol. The summed E-state index contributed by atoms with van der Waals surface area (Å²) in [5.74, 6) is 1.32. The van der Waals surface area contributed by atoms with Crippen molar-refractivity contribution >= 4 is 23.1 Å². The predicted molar refractivity (Wildman–Crippen MR) is 89.7 cm³/mol. The molecule has 2 unspecified atom stereocenters. The molecule has 2 atom stereocenters. The number of hydrogen-bond donors (Lipinski definition) is 1. The van der Waals surface area contributed by atoms with E-state index in [1.165, 1.54) is 47.0 Å². The van der Waals surface area contributed by atoms with Gasteiger partial charge in [0, 0.05) is 10.9 Å². The highest BCUT2D eigenvalue weighted by atomic mass is 32.2. The molecule has 2 aliphatic rings. The van der Waals surface area contributed by atoms with Gasteiger partial charge in [-0.25, -0.2) is 4.98 Å². The number of nitrogens with zero attached hydrogens (tertiary/aromatic N) is 1. The molecule has 1 aliphatic heterocycles. The number of thioether (sulfide) groups is 1. The van der Waals surface area contributed by atoms with E-state index in [0.717, 1.165) is 13.0 Å². The van der Waals surface area contributed by atoms with Crippen LogP contribution >= 0.6 is 23.1 Å². The van der Waals surface area contributed by atoms with Gasteiger partial charge in [0.2, 0.25) is 0 Å². The van der Waals surface area contributed by atoms with E-state index in [1.807, 2.05) is 11.3 Å². The lowest BCUT2D eigenvalue weighted by Crippen LogP contribution is -2.32. The second kappa shape index (κ2) is 5.98. The third-order valence-corrected chi connectivity index (χ3v) is 7.23. The maximum absolute atomic E-state index is 5.06. The molecule has 1 fully saturated rings. The van der Waals surface area contributed by atoms with Crippen molar-refractivity contribution in [2.45, 2.75) is 64.2 Å². The van der Waals surface area contributed by atoms with Crippen LogP contribution in [0.5, 0.6) is 0 Å². The van der Waals surface area contributed by atoms with Gasteiger partial charge in [-0.15, -0.1) is 11.3 Å². The van der Waals surface area contributed by atoms with Crippen LogP contribution in [0.15, 0.2) is 0 Å². The van der Waals surface area contributed by atoms with Gasteiger partial charge in [-0.2, -0.15) is 11.8 Å². The zero-order valence-electron chi connectivity index (χ0n) is 12.9. The summed E-state index contributed by atoms with van der Waals surface area (Å²) in [5, 5.41) is 5.75. The smallest absolute Gasteiger partial charge is 0.106 e. The van der Waals surface area contributed by atoms with Crippen LogP contribution in [0.1, 0.15) is 73.3 Å². The SMILES string of the molecule is CCNC1CC(C)(C)Cc2nc(C3CCCCS3)sc21. The molecule has 1 N–H and O–H groups in total. The maximum atomic E-state index is 5.06. The molecule has 2 nitrogen and oxygen atoms in total. The van der Waals surface area contributed by atoms with Crippen molar-refractivity contribution in [3.8, 4) is 0 Å². The third-order valence-electron chi connectivity index (χ3n) is 4.37. The van der Waals surface area contributed by atoms with E-state index >= 15 is 0 Å². The summed E-state index contributed by atoms with van der Waals surface area (Å²) in [6.45, 7) is 8.02. The van der Waals surface area contributed by atoms with E-state index in [9.17, 15) is 0 Å². The van der Waals surface area contributed by atoms with Crippen molar-refractivity contribution in [3.05, 3.63) is 15.6 Å². The fourth-order valence-electron chi connectivity index (χ4n) is 3.44. The quantitative estimate of drug-likeness (QED) is 0.874. The standard InChI is InChI=1S/C16H26N2S2/c1-4-17-11-9-16(2,3)10-12-14(11)20-15(18-12)13-7-5-6-8-19-13/h11,13,17H,4-10H2,1-3H3. The summed E-state index contributed by atoms with van der Waals surface area (Å²) in [4.78, 5) is 6.59. The summed E-state index contributed by atoms with van der Waals surface area (Å²) in [6.07, 6.45) is 6.49. The highest BCUT2D eigenvalue weighted by Crippen LogP contribution is 2.47. The summed E-state index contributed by atoms with van der Waals surface area (Å²) in [7, 11) is 0. The number of thiazole rings is 1. The highest BCUT2D eigenvalue weighted by molar-refractivity contribution is 7.99. The molecule has 3 rings (SSSR count). The molecule has 112 valence electrons. The Hall–Kier alpha value is -0.0600. The third kappa shape index (κ3) is 3.07. The minimum absolute atomic E-state index is 0.380. The second-order valence-electron chi connectivity index (χ2n) is 6.87. The zero-order valence-corrected chi connectivity index (χ0v) is 14.5. The minimum atomic E-state index is 0.380. The largest absolute Gasteiger partial charge is 0.309 e. The molecular weight excluding hydrogens is 284 g/mol. The van der Waals surface area contributed by atoms with Crippen molar-refractivity contribution in [1.82, 2.24) is 10.3 Å². The Morgan fingerprint density at radius 3 is 2.90 bits per heavy atom. The molecule has 4 heteroatoms. The number of fused-ring (bicyclic) bond motifs is 1. The Bertz CT molecular complexity index is 461. The van der Waals surface area contributed by atoms with E-state index in [1.54, 1.807) is 0 Å². The normalized spacial score (nSPS) is 29.1. The Morgan fingerprint density at radius 2 is 2.20 bits per heavy atom. The summed E-state index contributed by atoms with van der Waals surface area (Å²) < 4.78 is 0. The van der Waals surface area contributed by atoms with E-state index in [2.05, 4.69) is 37.8 Å². The highest BCUT2D eigenvalue weighted by Gasteiger charge is 2.35. The van der Waals surface area contributed by atoms with Gasteiger partial charge < -0.3 is 5.32 Å². The van der Waals surface area contributed by atoms with E-state index in [-0.39, 0.29) is 0 Å². The molecule has 1 aromatic heterocycles. The fourth-order valence-corrected chi connectivity index (χ4v) is 6.14. The van der Waals surface area contributed by atoms with Crippen LogP contribution < -0.4 is 5.32 Å². The topological polar surface area (TPSA) is 24.9 Å². The number of hydrogen-bond acceptors (Lipinski definition) is 4. The lowest BCUT2D eigenvalue weighted by molar-refractivity contribution is 0.260. The van der Waals surface area contributed by atoms with E-state index in [0.29, 0.717) is 16.7 Å². The summed E-state index contributed by atoms with van der Waals surface area (Å²) in [6, 6.07) is 0.526. The van der Waals surface area contributed by atoms with Gasteiger partial charge in [-0.3, -0.25) is 0 Å². The fraction of sp³-hybridized carbons (Fsp3) is 0.812.